The number of aromatic nitrogens is 2. The van der Waals surface area contributed by atoms with Crippen molar-refractivity contribution in [1.29, 1.82) is 0 Å². The Morgan fingerprint density at radius 2 is 2.00 bits per heavy atom. The van der Waals surface area contributed by atoms with Crippen molar-refractivity contribution < 1.29 is 4.79 Å². The zero-order chi connectivity index (χ0) is 23.4. The van der Waals surface area contributed by atoms with Crippen LogP contribution in [0.3, 0.4) is 0 Å². The first-order chi connectivity index (χ1) is 15.1. The second-order valence-corrected chi connectivity index (χ2v) is 9.45. The Hall–Kier alpha value is -2.87. The van der Waals surface area contributed by atoms with Gasteiger partial charge in [-0.25, -0.2) is 0 Å². The SMILES string of the molecule is Cc1ccc(C(N)=O)cc1Nc1nc(N[C@H]2CCN(C(C)C)C2)cc(N(C)CC(C)C)n1. The van der Waals surface area contributed by atoms with Crippen LogP contribution in [0.5, 0.6) is 0 Å². The normalized spacial score (nSPS) is 16.6. The van der Waals surface area contributed by atoms with Crippen molar-refractivity contribution in [3.63, 3.8) is 0 Å². The van der Waals surface area contributed by atoms with Crippen molar-refractivity contribution in [2.45, 2.75) is 53.1 Å². The summed E-state index contributed by atoms with van der Waals surface area (Å²) in [5, 5.41) is 6.91. The van der Waals surface area contributed by atoms with Crippen LogP contribution in [0.4, 0.5) is 23.3 Å². The molecule has 2 aromatic rings. The molecule has 0 radical (unpaired) electrons. The summed E-state index contributed by atoms with van der Waals surface area (Å²) in [5.41, 5.74) is 7.66. The minimum Gasteiger partial charge on any atom is -0.366 e. The lowest BCUT2D eigenvalue weighted by Crippen LogP contribution is -2.31. The predicted molar refractivity (Wildman–Crippen MR) is 132 cm³/mol. The van der Waals surface area contributed by atoms with Gasteiger partial charge in [0.2, 0.25) is 11.9 Å². The zero-order valence-corrected chi connectivity index (χ0v) is 20.1. The van der Waals surface area contributed by atoms with Gasteiger partial charge in [0, 0.05) is 56.1 Å². The summed E-state index contributed by atoms with van der Waals surface area (Å²) in [5.74, 6) is 2.18. The van der Waals surface area contributed by atoms with Crippen LogP contribution in [0.1, 0.15) is 50.0 Å². The Kier molecular flexibility index (Phi) is 7.56. The van der Waals surface area contributed by atoms with E-state index in [2.05, 4.69) is 48.1 Å². The highest BCUT2D eigenvalue weighted by Crippen LogP contribution is 2.25. The van der Waals surface area contributed by atoms with Crippen LogP contribution in [0.15, 0.2) is 24.3 Å². The van der Waals surface area contributed by atoms with Gasteiger partial charge in [-0.3, -0.25) is 9.69 Å². The van der Waals surface area contributed by atoms with E-state index in [1.54, 1.807) is 12.1 Å². The van der Waals surface area contributed by atoms with E-state index < -0.39 is 5.91 Å². The topological polar surface area (TPSA) is 99.4 Å². The number of rotatable bonds is 9. The van der Waals surface area contributed by atoms with Crippen molar-refractivity contribution in [3.05, 3.63) is 35.4 Å². The molecule has 1 fully saturated rings. The maximum absolute atomic E-state index is 11.6. The number of likely N-dealkylation sites (tertiary alicyclic amines) is 1. The molecule has 4 N–H and O–H groups in total. The summed E-state index contributed by atoms with van der Waals surface area (Å²) in [4.78, 5) is 25.7. The molecular formula is C24H37N7O. The maximum atomic E-state index is 11.6. The molecular weight excluding hydrogens is 402 g/mol. The number of nitrogens with one attached hydrogen (secondary N) is 2. The molecule has 0 bridgehead atoms. The van der Waals surface area contributed by atoms with Gasteiger partial charge in [0.25, 0.3) is 0 Å². The Balaban J connectivity index is 1.88. The third-order valence-electron chi connectivity index (χ3n) is 5.81. The summed E-state index contributed by atoms with van der Waals surface area (Å²) in [6.45, 7) is 13.8. The molecule has 1 atom stereocenters. The fraction of sp³-hybridized carbons (Fsp3) is 0.542. The minimum absolute atomic E-state index is 0.350. The summed E-state index contributed by atoms with van der Waals surface area (Å²) in [7, 11) is 2.05. The van der Waals surface area contributed by atoms with Crippen LogP contribution in [-0.4, -0.2) is 59.5 Å². The van der Waals surface area contributed by atoms with Crippen molar-refractivity contribution in [2.24, 2.45) is 11.7 Å². The van der Waals surface area contributed by atoms with Gasteiger partial charge in [0.05, 0.1) is 0 Å². The van der Waals surface area contributed by atoms with Crippen LogP contribution < -0.4 is 21.3 Å². The molecule has 174 valence electrons. The van der Waals surface area contributed by atoms with E-state index in [0.717, 1.165) is 48.9 Å². The predicted octanol–water partition coefficient (Wildman–Crippen LogP) is 3.61. The van der Waals surface area contributed by atoms with E-state index >= 15 is 0 Å². The number of nitrogens with zero attached hydrogens (tertiary/aromatic N) is 4. The molecule has 0 spiro atoms. The number of hydrogen-bond donors (Lipinski definition) is 3. The molecule has 0 aliphatic carbocycles. The third-order valence-corrected chi connectivity index (χ3v) is 5.81. The molecule has 1 aromatic carbocycles. The standard InChI is InChI=1S/C24H37N7O/c1-15(2)13-30(6)22-12-21(26-19-9-10-31(14-19)16(3)4)28-24(29-22)27-20-11-18(23(25)32)8-7-17(20)5/h7-8,11-12,15-16,19H,9-10,13-14H2,1-6H3,(H2,25,32)(H2,26,27,28,29)/t19-/m0/s1. The lowest BCUT2D eigenvalue weighted by molar-refractivity contribution is 0.100. The highest BCUT2D eigenvalue weighted by molar-refractivity contribution is 5.94. The van der Waals surface area contributed by atoms with Crippen LogP contribution in [-0.2, 0) is 0 Å². The van der Waals surface area contributed by atoms with Crippen molar-refractivity contribution >= 4 is 29.2 Å². The molecule has 1 aromatic heterocycles. The number of nitrogens with two attached hydrogens (primary N) is 1. The molecule has 8 heteroatoms. The van der Waals surface area contributed by atoms with Crippen molar-refractivity contribution in [2.75, 3.05) is 42.2 Å². The van der Waals surface area contributed by atoms with Gasteiger partial charge in [0.1, 0.15) is 11.6 Å². The van der Waals surface area contributed by atoms with Gasteiger partial charge in [0.15, 0.2) is 0 Å². The molecule has 32 heavy (non-hydrogen) atoms. The second kappa shape index (κ2) is 10.2. The second-order valence-electron chi connectivity index (χ2n) is 9.45. The maximum Gasteiger partial charge on any atom is 0.248 e. The number of primary amides is 1. The number of carbonyl (C=O) groups excluding carboxylic acids is 1. The van der Waals surface area contributed by atoms with Crippen molar-refractivity contribution in [3.8, 4) is 0 Å². The Morgan fingerprint density at radius 3 is 2.62 bits per heavy atom. The van der Waals surface area contributed by atoms with Crippen LogP contribution in [0.25, 0.3) is 0 Å². The van der Waals surface area contributed by atoms with E-state index in [-0.39, 0.29) is 0 Å². The summed E-state index contributed by atoms with van der Waals surface area (Å²) >= 11 is 0. The Morgan fingerprint density at radius 1 is 1.25 bits per heavy atom. The van der Waals surface area contributed by atoms with Gasteiger partial charge in [-0.1, -0.05) is 19.9 Å². The summed E-state index contributed by atoms with van der Waals surface area (Å²) in [6.07, 6.45) is 1.09. The minimum atomic E-state index is -0.460. The highest BCUT2D eigenvalue weighted by Gasteiger charge is 2.24. The molecule has 2 heterocycles. The van der Waals surface area contributed by atoms with E-state index in [9.17, 15) is 4.79 Å². The average molecular weight is 440 g/mol. The Labute approximate surface area is 191 Å². The molecule has 1 aliphatic heterocycles. The fourth-order valence-corrected chi connectivity index (χ4v) is 4.01. The quantitative estimate of drug-likeness (QED) is 0.549. The van der Waals surface area contributed by atoms with E-state index in [1.165, 1.54) is 0 Å². The van der Waals surface area contributed by atoms with Gasteiger partial charge in [-0.2, -0.15) is 9.97 Å². The molecule has 0 saturated carbocycles. The van der Waals surface area contributed by atoms with Gasteiger partial charge >= 0.3 is 0 Å². The number of benzene rings is 1. The average Bonchev–Trinajstić information content (AvgIpc) is 3.17. The first kappa shape index (κ1) is 23.8. The van der Waals surface area contributed by atoms with E-state index in [4.69, 9.17) is 15.7 Å². The number of carbonyl (C=O) groups is 1. The molecule has 8 nitrogen and oxygen atoms in total. The van der Waals surface area contributed by atoms with E-state index in [0.29, 0.717) is 29.5 Å². The summed E-state index contributed by atoms with van der Waals surface area (Å²) in [6, 6.07) is 8.24. The Bertz CT molecular complexity index is 944. The lowest BCUT2D eigenvalue weighted by atomic mass is 10.1. The van der Waals surface area contributed by atoms with Crippen LogP contribution >= 0.6 is 0 Å². The largest absolute Gasteiger partial charge is 0.366 e. The number of anilines is 4. The molecule has 1 aliphatic rings. The van der Waals surface area contributed by atoms with Crippen molar-refractivity contribution in [1.82, 2.24) is 14.9 Å². The van der Waals surface area contributed by atoms with Gasteiger partial charge in [-0.15, -0.1) is 0 Å². The fourth-order valence-electron chi connectivity index (χ4n) is 4.01. The van der Waals surface area contributed by atoms with Gasteiger partial charge < -0.3 is 21.3 Å². The monoisotopic (exact) mass is 439 g/mol. The number of aryl methyl sites for hydroxylation is 1. The highest BCUT2D eigenvalue weighted by atomic mass is 16.1. The number of amides is 1. The smallest absolute Gasteiger partial charge is 0.248 e. The molecule has 1 amide bonds. The van der Waals surface area contributed by atoms with E-state index in [1.807, 2.05) is 26.1 Å². The van der Waals surface area contributed by atoms with Crippen LogP contribution in [0.2, 0.25) is 0 Å². The number of hydrogen-bond acceptors (Lipinski definition) is 7. The zero-order valence-electron chi connectivity index (χ0n) is 20.1. The van der Waals surface area contributed by atoms with Crippen LogP contribution in [0, 0.1) is 12.8 Å². The lowest BCUT2D eigenvalue weighted by Gasteiger charge is -2.23. The summed E-state index contributed by atoms with van der Waals surface area (Å²) < 4.78 is 0. The molecule has 0 unspecified atom stereocenters. The van der Waals surface area contributed by atoms with Gasteiger partial charge in [-0.05, 0) is 50.8 Å². The first-order valence-electron chi connectivity index (χ1n) is 11.4. The molecule has 3 rings (SSSR count). The molecule has 1 saturated heterocycles. The third kappa shape index (κ3) is 6.09. The first-order valence-corrected chi connectivity index (χ1v) is 11.4.